The van der Waals surface area contributed by atoms with Gasteiger partial charge in [0.25, 0.3) is 0 Å². The van der Waals surface area contributed by atoms with Gasteiger partial charge in [-0.15, -0.1) is 0 Å². The fourth-order valence-corrected chi connectivity index (χ4v) is 1.59. The Morgan fingerprint density at radius 1 is 1.13 bits per heavy atom. The Kier molecular flexibility index (Phi) is 2.46. The molecule has 15 heavy (non-hydrogen) atoms. The van der Waals surface area contributed by atoms with Gasteiger partial charge in [-0.3, -0.25) is 0 Å². The minimum absolute atomic E-state index is 0.0443. The summed E-state index contributed by atoms with van der Waals surface area (Å²) in [7, 11) is 0. The molecule has 0 aromatic rings. The summed E-state index contributed by atoms with van der Waals surface area (Å²) in [5, 5.41) is 23.2. The summed E-state index contributed by atoms with van der Waals surface area (Å²) in [4.78, 5) is 0. The maximum atomic E-state index is 8.66. The topological polar surface area (TPSA) is 90.1 Å². The highest BCUT2D eigenvalue weighted by Gasteiger charge is 2.39. The van der Waals surface area contributed by atoms with Crippen LogP contribution in [-0.2, 0) is 9.47 Å². The van der Waals surface area contributed by atoms with Crippen LogP contribution in [0.1, 0.15) is 0 Å². The molecular weight excluding hydrogens is 196 g/mol. The third-order valence-corrected chi connectivity index (χ3v) is 2.36. The molecule has 2 aliphatic rings. The molecule has 0 aromatic heterocycles. The molecule has 2 saturated heterocycles. The second kappa shape index (κ2) is 3.77. The van der Waals surface area contributed by atoms with E-state index in [1.165, 1.54) is 0 Å². The number of nitrogens with one attached hydrogen (secondary N) is 2. The van der Waals surface area contributed by atoms with E-state index >= 15 is 0 Å². The highest BCUT2D eigenvalue weighted by molar-refractivity contribution is 5.39. The van der Waals surface area contributed by atoms with Gasteiger partial charge >= 0.3 is 0 Å². The molecule has 1 spiro atoms. The van der Waals surface area contributed by atoms with Crippen LogP contribution >= 0.6 is 0 Å². The largest absolute Gasteiger partial charge is 0.365 e. The molecule has 2 aliphatic heterocycles. The van der Waals surface area contributed by atoms with Crippen LogP contribution in [-0.4, -0.2) is 32.1 Å². The Hall–Kier alpha value is -1.76. The summed E-state index contributed by atoms with van der Waals surface area (Å²) in [6, 6.07) is 3.62. The molecule has 0 bridgehead atoms. The predicted octanol–water partition coefficient (Wildman–Crippen LogP) is -0.819. The van der Waals surface area contributed by atoms with Crippen molar-refractivity contribution in [3.05, 3.63) is 11.4 Å². The van der Waals surface area contributed by atoms with Gasteiger partial charge in [-0.1, -0.05) is 0 Å². The first-order valence-corrected chi connectivity index (χ1v) is 4.60. The van der Waals surface area contributed by atoms with Gasteiger partial charge in [-0.05, 0) is 0 Å². The molecule has 2 N–H and O–H groups in total. The predicted molar refractivity (Wildman–Crippen MR) is 48.9 cm³/mol. The molecule has 0 aromatic carbocycles. The van der Waals surface area contributed by atoms with E-state index < -0.39 is 5.79 Å². The fourth-order valence-electron chi connectivity index (χ4n) is 1.59. The first kappa shape index (κ1) is 9.78. The molecule has 2 heterocycles. The number of nitriles is 2. The highest BCUT2D eigenvalue weighted by atomic mass is 16.7. The van der Waals surface area contributed by atoms with Gasteiger partial charge in [-0.25, -0.2) is 0 Å². The van der Waals surface area contributed by atoms with Crippen molar-refractivity contribution in [1.82, 2.24) is 10.6 Å². The van der Waals surface area contributed by atoms with Crippen LogP contribution in [0.2, 0.25) is 0 Å². The maximum absolute atomic E-state index is 8.66. The van der Waals surface area contributed by atoms with E-state index in [2.05, 4.69) is 10.6 Å². The summed E-state index contributed by atoms with van der Waals surface area (Å²) < 4.78 is 10.9. The number of rotatable bonds is 0. The van der Waals surface area contributed by atoms with Gasteiger partial charge in [0.05, 0.1) is 26.3 Å². The molecule has 0 radical (unpaired) electrons. The smallest absolute Gasteiger partial charge is 0.203 e. The van der Waals surface area contributed by atoms with Gasteiger partial charge in [0.2, 0.25) is 5.79 Å². The van der Waals surface area contributed by atoms with E-state index in [0.29, 0.717) is 32.1 Å². The zero-order valence-electron chi connectivity index (χ0n) is 8.04. The number of hydrogen-bond acceptors (Lipinski definition) is 6. The Labute approximate surface area is 87.1 Å². The monoisotopic (exact) mass is 206 g/mol. The van der Waals surface area contributed by atoms with Crippen LogP contribution in [0, 0.1) is 22.7 Å². The van der Waals surface area contributed by atoms with E-state index in [-0.39, 0.29) is 5.57 Å². The van der Waals surface area contributed by atoms with Gasteiger partial charge in [0.15, 0.2) is 5.57 Å². The van der Waals surface area contributed by atoms with Gasteiger partial charge in [0.1, 0.15) is 18.0 Å². The van der Waals surface area contributed by atoms with Crippen molar-refractivity contribution in [1.29, 1.82) is 10.5 Å². The molecule has 2 rings (SSSR count). The van der Waals surface area contributed by atoms with Crippen molar-refractivity contribution >= 4 is 0 Å². The first-order valence-electron chi connectivity index (χ1n) is 4.60. The summed E-state index contributed by atoms with van der Waals surface area (Å²) >= 11 is 0. The third kappa shape index (κ3) is 1.73. The SMILES string of the molecule is N#CC(C#N)=C1NCC2(CN1)OCCO2. The molecule has 6 heteroatoms. The van der Waals surface area contributed by atoms with Crippen molar-refractivity contribution < 1.29 is 9.47 Å². The molecule has 2 fully saturated rings. The van der Waals surface area contributed by atoms with E-state index in [9.17, 15) is 0 Å². The number of allylic oxidation sites excluding steroid dienone is 1. The van der Waals surface area contributed by atoms with Crippen molar-refractivity contribution in [2.45, 2.75) is 5.79 Å². The van der Waals surface area contributed by atoms with Gasteiger partial charge in [0, 0.05) is 0 Å². The molecular formula is C9H10N4O2. The van der Waals surface area contributed by atoms with Crippen molar-refractivity contribution in [3.8, 4) is 12.1 Å². The Morgan fingerprint density at radius 2 is 1.67 bits per heavy atom. The normalized spacial score (nSPS) is 22.4. The number of ether oxygens (including phenoxy) is 2. The second-order valence-corrected chi connectivity index (χ2v) is 3.29. The summed E-state index contributed by atoms with van der Waals surface area (Å²) in [5.74, 6) is -0.191. The third-order valence-electron chi connectivity index (χ3n) is 2.36. The van der Waals surface area contributed by atoms with Crippen molar-refractivity contribution in [3.63, 3.8) is 0 Å². The molecule has 0 amide bonds. The average Bonchev–Trinajstić information content (AvgIpc) is 2.72. The summed E-state index contributed by atoms with van der Waals surface area (Å²) in [6.45, 7) is 2.04. The Balaban J connectivity index is 2.07. The molecule has 0 saturated carbocycles. The van der Waals surface area contributed by atoms with Crippen LogP contribution < -0.4 is 10.6 Å². The van der Waals surface area contributed by atoms with Crippen LogP contribution in [0.5, 0.6) is 0 Å². The standard InChI is InChI=1S/C9H10N4O2/c10-3-7(4-11)8-12-5-9(6-13-8)14-1-2-15-9/h12-13H,1-2,5-6H2. The molecule has 0 atom stereocenters. The van der Waals surface area contributed by atoms with Crippen LogP contribution in [0.25, 0.3) is 0 Å². The Bertz CT molecular complexity index is 343. The van der Waals surface area contributed by atoms with E-state index in [0.717, 1.165) is 0 Å². The maximum Gasteiger partial charge on any atom is 0.203 e. The summed E-state index contributed by atoms with van der Waals surface area (Å²) in [6.07, 6.45) is 0. The Morgan fingerprint density at radius 3 is 2.13 bits per heavy atom. The lowest BCUT2D eigenvalue weighted by Crippen LogP contribution is -2.56. The zero-order valence-corrected chi connectivity index (χ0v) is 8.04. The van der Waals surface area contributed by atoms with Gasteiger partial charge in [-0.2, -0.15) is 10.5 Å². The molecule has 78 valence electrons. The average molecular weight is 206 g/mol. The lowest BCUT2D eigenvalue weighted by molar-refractivity contribution is -0.154. The van der Waals surface area contributed by atoms with Crippen LogP contribution in [0.3, 0.4) is 0 Å². The number of hydrogen-bond donors (Lipinski definition) is 2. The van der Waals surface area contributed by atoms with E-state index in [1.807, 2.05) is 12.1 Å². The zero-order chi connectivity index (χ0) is 10.7. The van der Waals surface area contributed by atoms with Crippen LogP contribution in [0.4, 0.5) is 0 Å². The highest BCUT2D eigenvalue weighted by Crippen LogP contribution is 2.21. The van der Waals surface area contributed by atoms with Crippen molar-refractivity contribution in [2.24, 2.45) is 0 Å². The second-order valence-electron chi connectivity index (χ2n) is 3.29. The lowest BCUT2D eigenvalue weighted by Gasteiger charge is -2.34. The fraction of sp³-hybridized carbons (Fsp3) is 0.556. The van der Waals surface area contributed by atoms with E-state index in [1.54, 1.807) is 0 Å². The van der Waals surface area contributed by atoms with Gasteiger partial charge < -0.3 is 20.1 Å². The lowest BCUT2D eigenvalue weighted by atomic mass is 10.2. The molecule has 0 aliphatic carbocycles. The molecule has 6 nitrogen and oxygen atoms in total. The number of nitrogens with zero attached hydrogens (tertiary/aromatic N) is 2. The van der Waals surface area contributed by atoms with Crippen LogP contribution in [0.15, 0.2) is 11.4 Å². The minimum atomic E-state index is -0.639. The quantitative estimate of drug-likeness (QED) is 0.503. The minimum Gasteiger partial charge on any atom is -0.365 e. The summed E-state index contributed by atoms with van der Waals surface area (Å²) in [5.41, 5.74) is 0.0443. The molecule has 0 unspecified atom stereocenters. The van der Waals surface area contributed by atoms with E-state index in [4.69, 9.17) is 20.0 Å². The van der Waals surface area contributed by atoms with Crippen molar-refractivity contribution in [2.75, 3.05) is 26.3 Å². The first-order chi connectivity index (χ1) is 7.29.